The highest BCUT2D eigenvalue weighted by molar-refractivity contribution is 7.14. The quantitative estimate of drug-likeness (QED) is 0.914. The highest BCUT2D eigenvalue weighted by Gasteiger charge is 2.22. The Morgan fingerprint density at radius 1 is 1.39 bits per heavy atom. The first kappa shape index (κ1) is 16.2. The lowest BCUT2D eigenvalue weighted by Crippen LogP contribution is -2.42. The Morgan fingerprint density at radius 3 is 2.87 bits per heavy atom. The summed E-state index contributed by atoms with van der Waals surface area (Å²) >= 11 is 1.36. The van der Waals surface area contributed by atoms with Crippen LogP contribution < -0.4 is 0 Å². The fourth-order valence-corrected chi connectivity index (χ4v) is 3.82. The predicted molar refractivity (Wildman–Crippen MR) is 91.2 cm³/mol. The summed E-state index contributed by atoms with van der Waals surface area (Å²) in [6.07, 6.45) is 1.12. The molecule has 1 atom stereocenters. The molecule has 2 aromatic rings. The maximum atomic E-state index is 11.1. The maximum Gasteiger partial charge on any atom is 0.345 e. The first-order valence-corrected chi connectivity index (χ1v) is 8.64. The molecule has 1 fully saturated rings. The Kier molecular flexibility index (Phi) is 5.10. The van der Waals surface area contributed by atoms with E-state index in [0.717, 1.165) is 43.1 Å². The Labute approximate surface area is 140 Å². The molecule has 5 heteroatoms. The molecular formula is C18H21NO3S. The van der Waals surface area contributed by atoms with Crippen LogP contribution in [0.4, 0.5) is 0 Å². The molecule has 1 saturated heterocycles. The Hall–Kier alpha value is -1.69. The second kappa shape index (κ2) is 7.25. The van der Waals surface area contributed by atoms with E-state index in [2.05, 4.69) is 29.2 Å². The summed E-state index contributed by atoms with van der Waals surface area (Å²) in [5.41, 5.74) is 2.41. The normalized spacial score (nSPS) is 18.9. The van der Waals surface area contributed by atoms with Crippen molar-refractivity contribution in [1.29, 1.82) is 0 Å². The highest BCUT2D eigenvalue weighted by atomic mass is 32.1. The second-order valence-electron chi connectivity index (χ2n) is 5.91. The molecule has 0 saturated carbocycles. The van der Waals surface area contributed by atoms with E-state index < -0.39 is 5.97 Å². The van der Waals surface area contributed by atoms with Gasteiger partial charge in [0, 0.05) is 24.5 Å². The molecule has 4 nitrogen and oxygen atoms in total. The number of ether oxygens (including phenoxy) is 1. The van der Waals surface area contributed by atoms with Crippen molar-refractivity contribution >= 4 is 17.3 Å². The average molecular weight is 331 g/mol. The Bertz CT molecular complexity index is 668. The van der Waals surface area contributed by atoms with Crippen LogP contribution in [0.1, 0.15) is 25.7 Å². The van der Waals surface area contributed by atoms with E-state index in [1.165, 1.54) is 16.9 Å². The fraction of sp³-hybridized carbons (Fsp3) is 0.389. The molecule has 23 heavy (non-hydrogen) atoms. The standard InChI is InChI=1S/C18H21NO3S/c1-13-15(10-17(23-13)18(20)21)11-19-7-8-22-16(12-19)9-14-5-3-2-4-6-14/h2-6,10,16H,7-9,11-12H2,1H3,(H,20,21)/t16-/m1/s1. The number of carboxylic acids is 1. The third-order valence-electron chi connectivity index (χ3n) is 4.15. The van der Waals surface area contributed by atoms with Gasteiger partial charge in [-0.25, -0.2) is 4.79 Å². The molecule has 1 aromatic heterocycles. The molecule has 3 rings (SSSR count). The number of aromatic carboxylic acids is 1. The molecule has 122 valence electrons. The van der Waals surface area contributed by atoms with Crippen LogP contribution in [-0.2, 0) is 17.7 Å². The van der Waals surface area contributed by atoms with Crippen molar-refractivity contribution in [3.05, 3.63) is 57.3 Å². The minimum Gasteiger partial charge on any atom is -0.477 e. The summed E-state index contributed by atoms with van der Waals surface area (Å²) < 4.78 is 5.89. The van der Waals surface area contributed by atoms with Crippen LogP contribution in [0.25, 0.3) is 0 Å². The number of benzene rings is 1. The zero-order valence-electron chi connectivity index (χ0n) is 13.2. The smallest absolute Gasteiger partial charge is 0.345 e. The summed E-state index contributed by atoms with van der Waals surface area (Å²) in [6.45, 7) is 5.29. The summed E-state index contributed by atoms with van der Waals surface area (Å²) in [5, 5.41) is 9.11. The van der Waals surface area contributed by atoms with Gasteiger partial charge < -0.3 is 9.84 Å². The van der Waals surface area contributed by atoms with Gasteiger partial charge >= 0.3 is 5.97 Å². The van der Waals surface area contributed by atoms with Crippen molar-refractivity contribution in [3.8, 4) is 0 Å². The number of hydrogen-bond acceptors (Lipinski definition) is 4. The molecule has 1 aliphatic rings. The lowest BCUT2D eigenvalue weighted by Gasteiger charge is -2.33. The highest BCUT2D eigenvalue weighted by Crippen LogP contribution is 2.24. The van der Waals surface area contributed by atoms with E-state index in [-0.39, 0.29) is 6.10 Å². The van der Waals surface area contributed by atoms with Crippen LogP contribution in [0.3, 0.4) is 0 Å². The third-order valence-corrected chi connectivity index (χ3v) is 5.24. The number of hydrogen-bond donors (Lipinski definition) is 1. The lowest BCUT2D eigenvalue weighted by atomic mass is 10.1. The second-order valence-corrected chi connectivity index (χ2v) is 7.17. The van der Waals surface area contributed by atoms with Gasteiger partial charge in [0.25, 0.3) is 0 Å². The molecule has 2 heterocycles. The van der Waals surface area contributed by atoms with Crippen LogP contribution in [0.15, 0.2) is 36.4 Å². The summed E-state index contributed by atoms with van der Waals surface area (Å²) in [6, 6.07) is 12.2. The van der Waals surface area contributed by atoms with Crippen molar-refractivity contribution in [3.63, 3.8) is 0 Å². The van der Waals surface area contributed by atoms with Gasteiger partial charge in [-0.2, -0.15) is 0 Å². The van der Waals surface area contributed by atoms with Gasteiger partial charge in [0.2, 0.25) is 0 Å². The monoisotopic (exact) mass is 331 g/mol. The van der Waals surface area contributed by atoms with E-state index in [4.69, 9.17) is 9.84 Å². The minimum atomic E-state index is -0.840. The summed E-state index contributed by atoms with van der Waals surface area (Å²) in [5.74, 6) is -0.840. The average Bonchev–Trinajstić information content (AvgIpc) is 2.90. The number of morpholine rings is 1. The Morgan fingerprint density at radius 2 is 2.17 bits per heavy atom. The molecule has 0 spiro atoms. The zero-order chi connectivity index (χ0) is 16.2. The first-order chi connectivity index (χ1) is 11.1. The molecule has 0 radical (unpaired) electrons. The Balaban J connectivity index is 1.61. The largest absolute Gasteiger partial charge is 0.477 e. The molecule has 0 amide bonds. The van der Waals surface area contributed by atoms with Crippen LogP contribution in [0.5, 0.6) is 0 Å². The summed E-state index contributed by atoms with van der Waals surface area (Å²) in [4.78, 5) is 15.0. The number of carboxylic acid groups (broad SMARTS) is 1. The molecule has 0 aliphatic carbocycles. The maximum absolute atomic E-state index is 11.1. The van der Waals surface area contributed by atoms with Crippen LogP contribution in [-0.4, -0.2) is 41.8 Å². The van der Waals surface area contributed by atoms with Crippen molar-refractivity contribution in [2.75, 3.05) is 19.7 Å². The number of nitrogens with zero attached hydrogens (tertiary/aromatic N) is 1. The lowest BCUT2D eigenvalue weighted by molar-refractivity contribution is -0.0305. The SMILES string of the molecule is Cc1sc(C(=O)O)cc1CN1CCO[C@H](Cc2ccccc2)C1. The van der Waals surface area contributed by atoms with Crippen LogP contribution >= 0.6 is 11.3 Å². The van der Waals surface area contributed by atoms with Crippen molar-refractivity contribution in [1.82, 2.24) is 4.90 Å². The van der Waals surface area contributed by atoms with Gasteiger partial charge in [-0.3, -0.25) is 4.90 Å². The van der Waals surface area contributed by atoms with E-state index in [9.17, 15) is 4.79 Å². The first-order valence-electron chi connectivity index (χ1n) is 7.82. The molecule has 1 aliphatic heterocycles. The van der Waals surface area contributed by atoms with E-state index in [1.54, 1.807) is 0 Å². The zero-order valence-corrected chi connectivity index (χ0v) is 14.0. The van der Waals surface area contributed by atoms with E-state index >= 15 is 0 Å². The van der Waals surface area contributed by atoms with E-state index in [1.807, 2.05) is 19.1 Å². The van der Waals surface area contributed by atoms with Gasteiger partial charge in [0.1, 0.15) is 4.88 Å². The fourth-order valence-electron chi connectivity index (χ4n) is 2.95. The topological polar surface area (TPSA) is 49.8 Å². The van der Waals surface area contributed by atoms with Crippen molar-refractivity contribution < 1.29 is 14.6 Å². The van der Waals surface area contributed by atoms with Gasteiger partial charge in [-0.05, 0) is 30.5 Å². The van der Waals surface area contributed by atoms with Crippen molar-refractivity contribution in [2.45, 2.75) is 26.0 Å². The number of thiophene rings is 1. The van der Waals surface area contributed by atoms with Crippen LogP contribution in [0.2, 0.25) is 0 Å². The summed E-state index contributed by atoms with van der Waals surface area (Å²) in [7, 11) is 0. The molecule has 0 bridgehead atoms. The minimum absolute atomic E-state index is 0.198. The molecular weight excluding hydrogens is 310 g/mol. The number of aryl methyl sites for hydroxylation is 1. The molecule has 1 aromatic carbocycles. The van der Waals surface area contributed by atoms with Crippen LogP contribution in [0, 0.1) is 6.92 Å². The van der Waals surface area contributed by atoms with E-state index in [0.29, 0.717) is 4.88 Å². The number of carbonyl (C=O) groups is 1. The van der Waals surface area contributed by atoms with Gasteiger partial charge in [0.05, 0.1) is 12.7 Å². The third kappa shape index (κ3) is 4.19. The molecule has 0 unspecified atom stereocenters. The van der Waals surface area contributed by atoms with Gasteiger partial charge in [-0.1, -0.05) is 30.3 Å². The van der Waals surface area contributed by atoms with Crippen molar-refractivity contribution in [2.24, 2.45) is 0 Å². The molecule has 1 N–H and O–H groups in total. The number of rotatable bonds is 5. The van der Waals surface area contributed by atoms with Gasteiger partial charge in [-0.15, -0.1) is 11.3 Å². The predicted octanol–water partition coefficient (Wildman–Crippen LogP) is 3.20. The van der Waals surface area contributed by atoms with Gasteiger partial charge in [0.15, 0.2) is 0 Å².